The Morgan fingerprint density at radius 1 is 0.800 bits per heavy atom. The molecule has 0 amide bonds. The standard InChI is InChI=1S/C27H21ClN4O2S/c1-33-20-11-5-17(6-12-20)23-15-22(16-3-7-18(28)8-4-16)24-25(29)32(27(35)31-26(24)30-23)19-9-13-21(34-2)14-10-19/h3-15H,29H2,1-2H3. The van der Waals surface area contributed by atoms with E-state index in [4.69, 9.17) is 44.0 Å². The van der Waals surface area contributed by atoms with Crippen molar-refractivity contribution < 1.29 is 9.47 Å². The first-order valence-electron chi connectivity index (χ1n) is 10.8. The average molecular weight is 501 g/mol. The summed E-state index contributed by atoms with van der Waals surface area (Å²) in [5, 5.41) is 1.35. The fraction of sp³-hybridized carbons (Fsp3) is 0.0741. The third-order valence-electron chi connectivity index (χ3n) is 5.76. The van der Waals surface area contributed by atoms with Gasteiger partial charge in [-0.05, 0) is 90.1 Å². The number of fused-ring (bicyclic) bond motifs is 1. The summed E-state index contributed by atoms with van der Waals surface area (Å²) in [5.74, 6) is 1.95. The first-order valence-corrected chi connectivity index (χ1v) is 11.5. The van der Waals surface area contributed by atoms with E-state index in [0.29, 0.717) is 26.6 Å². The second kappa shape index (κ2) is 9.37. The summed E-state index contributed by atoms with van der Waals surface area (Å²) < 4.78 is 12.6. The number of anilines is 1. The Hall–Kier alpha value is -3.94. The van der Waals surface area contributed by atoms with Crippen molar-refractivity contribution in [1.29, 1.82) is 0 Å². The maximum Gasteiger partial charge on any atom is 0.207 e. The molecule has 2 N–H and O–H groups in total. The molecule has 2 aromatic heterocycles. The van der Waals surface area contributed by atoms with E-state index in [-0.39, 0.29) is 0 Å². The van der Waals surface area contributed by atoms with E-state index >= 15 is 0 Å². The van der Waals surface area contributed by atoms with Gasteiger partial charge < -0.3 is 15.2 Å². The highest BCUT2D eigenvalue weighted by atomic mass is 35.5. The van der Waals surface area contributed by atoms with Crippen LogP contribution in [0.5, 0.6) is 11.5 Å². The third kappa shape index (κ3) is 4.32. The SMILES string of the molecule is COc1ccc(-c2cc(-c3ccc(Cl)cc3)c3c(N)n(-c4ccc(OC)cc4)c(=S)nc3n2)cc1. The van der Waals surface area contributed by atoms with Crippen LogP contribution in [-0.2, 0) is 0 Å². The Balaban J connectivity index is 1.79. The molecule has 0 aliphatic carbocycles. The van der Waals surface area contributed by atoms with Gasteiger partial charge in [0, 0.05) is 10.6 Å². The summed E-state index contributed by atoms with van der Waals surface area (Å²) >= 11 is 11.8. The van der Waals surface area contributed by atoms with Gasteiger partial charge in [-0.15, -0.1) is 0 Å². The topological polar surface area (TPSA) is 75.2 Å². The van der Waals surface area contributed by atoms with E-state index in [9.17, 15) is 0 Å². The Labute approximate surface area is 212 Å². The molecule has 0 unspecified atom stereocenters. The van der Waals surface area contributed by atoms with Crippen LogP contribution in [0.4, 0.5) is 5.82 Å². The van der Waals surface area contributed by atoms with Crippen molar-refractivity contribution >= 4 is 40.7 Å². The zero-order valence-corrected chi connectivity index (χ0v) is 20.6. The largest absolute Gasteiger partial charge is 0.497 e. The molecule has 5 aromatic rings. The maximum absolute atomic E-state index is 6.76. The van der Waals surface area contributed by atoms with Gasteiger partial charge in [0.2, 0.25) is 4.77 Å². The summed E-state index contributed by atoms with van der Waals surface area (Å²) in [4.78, 5) is 9.51. The number of hydrogen-bond acceptors (Lipinski definition) is 6. The molecule has 0 aliphatic heterocycles. The summed E-state index contributed by atoms with van der Waals surface area (Å²) in [7, 11) is 3.26. The zero-order chi connectivity index (χ0) is 24.5. The number of benzene rings is 3. The van der Waals surface area contributed by atoms with Crippen LogP contribution in [0.3, 0.4) is 0 Å². The third-order valence-corrected chi connectivity index (χ3v) is 6.29. The predicted octanol–water partition coefficient (Wildman–Crippen LogP) is 6.74. The van der Waals surface area contributed by atoms with Gasteiger partial charge in [0.1, 0.15) is 17.3 Å². The van der Waals surface area contributed by atoms with Crippen LogP contribution in [0, 0.1) is 4.77 Å². The van der Waals surface area contributed by atoms with Crippen molar-refractivity contribution in [2.45, 2.75) is 0 Å². The molecule has 8 heteroatoms. The number of nitrogen functional groups attached to an aromatic ring is 1. The number of hydrogen-bond donors (Lipinski definition) is 1. The smallest absolute Gasteiger partial charge is 0.207 e. The second-order valence-electron chi connectivity index (χ2n) is 7.80. The predicted molar refractivity (Wildman–Crippen MR) is 143 cm³/mol. The van der Waals surface area contributed by atoms with Crippen LogP contribution in [0.15, 0.2) is 78.9 Å². The van der Waals surface area contributed by atoms with Crippen LogP contribution in [0.1, 0.15) is 0 Å². The molecular weight excluding hydrogens is 480 g/mol. The summed E-state index contributed by atoms with van der Waals surface area (Å²) in [6.07, 6.45) is 0. The Bertz CT molecular complexity index is 1580. The number of nitrogens with zero attached hydrogens (tertiary/aromatic N) is 3. The number of nitrogens with two attached hydrogens (primary N) is 1. The number of rotatable bonds is 5. The van der Waals surface area contributed by atoms with Gasteiger partial charge >= 0.3 is 0 Å². The van der Waals surface area contributed by atoms with E-state index in [1.807, 2.05) is 78.9 Å². The molecule has 35 heavy (non-hydrogen) atoms. The minimum Gasteiger partial charge on any atom is -0.497 e. The molecule has 2 heterocycles. The van der Waals surface area contributed by atoms with Crippen molar-refractivity contribution in [3.63, 3.8) is 0 Å². The molecule has 6 nitrogen and oxygen atoms in total. The molecule has 3 aromatic carbocycles. The first kappa shape index (κ1) is 22.8. The summed E-state index contributed by atoms with van der Waals surface area (Å²) in [6.45, 7) is 0. The van der Waals surface area contributed by atoms with Crippen LogP contribution in [0.2, 0.25) is 5.02 Å². The molecule has 0 saturated carbocycles. The molecule has 0 fully saturated rings. The summed E-state index contributed by atoms with van der Waals surface area (Å²) in [5.41, 5.74) is 11.5. The van der Waals surface area contributed by atoms with Gasteiger partial charge in [-0.1, -0.05) is 23.7 Å². The highest BCUT2D eigenvalue weighted by molar-refractivity contribution is 7.71. The second-order valence-corrected chi connectivity index (χ2v) is 8.60. The van der Waals surface area contributed by atoms with Gasteiger partial charge in [-0.25, -0.2) is 4.98 Å². The highest BCUT2D eigenvalue weighted by Gasteiger charge is 2.17. The zero-order valence-electron chi connectivity index (χ0n) is 19.0. The number of pyridine rings is 1. The maximum atomic E-state index is 6.76. The van der Waals surface area contributed by atoms with E-state index in [2.05, 4.69) is 4.98 Å². The lowest BCUT2D eigenvalue weighted by molar-refractivity contribution is 0.414. The minimum atomic E-state index is 0.307. The molecule has 0 saturated heterocycles. The lowest BCUT2D eigenvalue weighted by Crippen LogP contribution is -2.09. The molecular formula is C27H21ClN4O2S. The fourth-order valence-corrected chi connectivity index (χ4v) is 4.38. The average Bonchev–Trinajstić information content (AvgIpc) is 2.89. The lowest BCUT2D eigenvalue weighted by atomic mass is 9.99. The molecule has 5 rings (SSSR count). The molecule has 0 aliphatic rings. The molecule has 0 bridgehead atoms. The van der Waals surface area contributed by atoms with Crippen LogP contribution in [0.25, 0.3) is 39.1 Å². The molecule has 0 atom stereocenters. The molecule has 174 valence electrons. The van der Waals surface area contributed by atoms with E-state index in [1.54, 1.807) is 18.8 Å². The van der Waals surface area contributed by atoms with Gasteiger partial charge in [0.15, 0.2) is 5.65 Å². The normalized spacial score (nSPS) is 10.9. The molecule has 0 radical (unpaired) electrons. The van der Waals surface area contributed by atoms with Crippen LogP contribution >= 0.6 is 23.8 Å². The Kier molecular flexibility index (Phi) is 6.11. The van der Waals surface area contributed by atoms with Gasteiger partial charge in [-0.2, -0.15) is 4.98 Å². The Morgan fingerprint density at radius 2 is 1.37 bits per heavy atom. The van der Waals surface area contributed by atoms with Crippen molar-refractivity contribution in [2.24, 2.45) is 0 Å². The van der Waals surface area contributed by atoms with Crippen LogP contribution in [-0.4, -0.2) is 28.8 Å². The highest BCUT2D eigenvalue weighted by Crippen LogP contribution is 2.36. The van der Waals surface area contributed by atoms with E-state index in [0.717, 1.165) is 39.6 Å². The van der Waals surface area contributed by atoms with Crippen molar-refractivity contribution in [1.82, 2.24) is 14.5 Å². The lowest BCUT2D eigenvalue weighted by Gasteiger charge is -2.17. The monoisotopic (exact) mass is 500 g/mol. The summed E-state index contributed by atoms with van der Waals surface area (Å²) in [6, 6.07) is 24.8. The number of aromatic nitrogens is 3. The fourth-order valence-electron chi connectivity index (χ4n) is 3.97. The van der Waals surface area contributed by atoms with Crippen molar-refractivity contribution in [2.75, 3.05) is 20.0 Å². The van der Waals surface area contributed by atoms with Gasteiger partial charge in [0.05, 0.1) is 31.0 Å². The van der Waals surface area contributed by atoms with E-state index < -0.39 is 0 Å². The van der Waals surface area contributed by atoms with Gasteiger partial charge in [0.25, 0.3) is 0 Å². The number of ether oxygens (including phenoxy) is 2. The first-order chi connectivity index (χ1) is 17.0. The van der Waals surface area contributed by atoms with Crippen molar-refractivity contribution in [3.05, 3.63) is 88.7 Å². The van der Waals surface area contributed by atoms with Crippen molar-refractivity contribution in [3.8, 4) is 39.6 Å². The van der Waals surface area contributed by atoms with E-state index in [1.165, 1.54) is 0 Å². The number of halogens is 1. The van der Waals surface area contributed by atoms with Crippen LogP contribution < -0.4 is 15.2 Å². The number of methoxy groups -OCH3 is 2. The quantitative estimate of drug-likeness (QED) is 0.269. The Morgan fingerprint density at radius 3 is 1.97 bits per heavy atom. The minimum absolute atomic E-state index is 0.307. The molecule has 0 spiro atoms. The van der Waals surface area contributed by atoms with Gasteiger partial charge in [-0.3, -0.25) is 4.57 Å².